The average Bonchev–Trinajstić information content (AvgIpc) is 3.06. The first kappa shape index (κ1) is 16.0. The minimum atomic E-state index is 0.938. The highest BCUT2D eigenvalue weighted by Crippen LogP contribution is 2.23. The van der Waals surface area contributed by atoms with Gasteiger partial charge >= 0.3 is 0 Å². The molecule has 0 amide bonds. The molecular formula is C15H27BrN4. The third-order valence-corrected chi connectivity index (χ3v) is 5.03. The van der Waals surface area contributed by atoms with E-state index >= 15 is 0 Å². The van der Waals surface area contributed by atoms with Gasteiger partial charge in [0.15, 0.2) is 0 Å². The van der Waals surface area contributed by atoms with Gasteiger partial charge in [-0.2, -0.15) is 5.10 Å². The molecule has 1 aromatic heterocycles. The number of rotatable bonds is 7. The smallest absolute Gasteiger partial charge is 0.0767 e. The lowest BCUT2D eigenvalue weighted by Gasteiger charge is -2.21. The number of hydrogen-bond acceptors (Lipinski definition) is 3. The van der Waals surface area contributed by atoms with Gasteiger partial charge in [-0.3, -0.25) is 9.58 Å². The normalized spacial score (nSPS) is 16.4. The van der Waals surface area contributed by atoms with Gasteiger partial charge in [0.25, 0.3) is 0 Å². The summed E-state index contributed by atoms with van der Waals surface area (Å²) >= 11 is 3.73. The molecule has 2 heterocycles. The lowest BCUT2D eigenvalue weighted by molar-refractivity contribution is 0.247. The molecule has 0 radical (unpaired) electrons. The number of likely N-dealkylation sites (N-methyl/N-ethyl adjacent to an activating group) is 1. The topological polar surface area (TPSA) is 24.3 Å². The summed E-state index contributed by atoms with van der Waals surface area (Å²) in [7, 11) is 2.21. The van der Waals surface area contributed by atoms with Crippen LogP contribution in [0.5, 0.6) is 0 Å². The van der Waals surface area contributed by atoms with Gasteiger partial charge in [0, 0.05) is 26.2 Å². The van der Waals surface area contributed by atoms with Crippen molar-refractivity contribution in [1.29, 1.82) is 0 Å². The highest BCUT2D eigenvalue weighted by Gasteiger charge is 2.16. The predicted octanol–water partition coefficient (Wildman–Crippen LogP) is 2.76. The molecule has 5 heteroatoms. The molecule has 0 spiro atoms. The number of nitrogens with zero attached hydrogens (tertiary/aromatic N) is 4. The van der Waals surface area contributed by atoms with Crippen molar-refractivity contribution in [3.63, 3.8) is 0 Å². The zero-order valence-electron chi connectivity index (χ0n) is 13.0. The van der Waals surface area contributed by atoms with E-state index in [1.54, 1.807) is 0 Å². The summed E-state index contributed by atoms with van der Waals surface area (Å²) in [5.41, 5.74) is 2.49. The molecular weight excluding hydrogens is 316 g/mol. The van der Waals surface area contributed by atoms with Gasteiger partial charge in [-0.1, -0.05) is 6.92 Å². The lowest BCUT2D eigenvalue weighted by Crippen LogP contribution is -2.31. The quantitative estimate of drug-likeness (QED) is 0.761. The molecule has 0 aliphatic carbocycles. The second-order valence-electron chi connectivity index (χ2n) is 5.66. The van der Waals surface area contributed by atoms with E-state index in [1.807, 2.05) is 0 Å². The Hall–Kier alpha value is -0.390. The summed E-state index contributed by atoms with van der Waals surface area (Å²) in [6, 6.07) is 0. The van der Waals surface area contributed by atoms with Crippen LogP contribution in [0.1, 0.15) is 38.1 Å². The van der Waals surface area contributed by atoms with Gasteiger partial charge in [-0.15, -0.1) is 0 Å². The van der Waals surface area contributed by atoms with E-state index in [0.29, 0.717) is 0 Å². The van der Waals surface area contributed by atoms with Gasteiger partial charge in [-0.05, 0) is 62.3 Å². The summed E-state index contributed by atoms with van der Waals surface area (Å²) in [5, 5.41) is 4.67. The maximum Gasteiger partial charge on any atom is 0.0767 e. The van der Waals surface area contributed by atoms with Crippen molar-refractivity contribution < 1.29 is 0 Å². The third kappa shape index (κ3) is 3.83. The van der Waals surface area contributed by atoms with Gasteiger partial charge < -0.3 is 4.90 Å². The largest absolute Gasteiger partial charge is 0.302 e. The molecule has 114 valence electrons. The number of aryl methyl sites for hydroxylation is 2. The summed E-state index contributed by atoms with van der Waals surface area (Å²) in [6.07, 6.45) is 3.73. The standard InChI is InChI=1S/C15H27BrN4/c1-4-13-15(16)14(20(5-2)17-13)12-18(3)10-11-19-8-6-7-9-19/h4-12H2,1-3H3. The van der Waals surface area contributed by atoms with Crippen LogP contribution in [0, 0.1) is 0 Å². The van der Waals surface area contributed by atoms with E-state index in [4.69, 9.17) is 0 Å². The van der Waals surface area contributed by atoms with Crippen LogP contribution in [0.15, 0.2) is 4.47 Å². The fraction of sp³-hybridized carbons (Fsp3) is 0.800. The molecule has 1 aliphatic rings. The van der Waals surface area contributed by atoms with E-state index in [9.17, 15) is 0 Å². The number of hydrogen-bond donors (Lipinski definition) is 0. The Labute approximate surface area is 131 Å². The van der Waals surface area contributed by atoms with Crippen molar-refractivity contribution in [2.75, 3.05) is 33.2 Å². The van der Waals surface area contributed by atoms with Crippen molar-refractivity contribution in [3.8, 4) is 0 Å². The monoisotopic (exact) mass is 342 g/mol. The Morgan fingerprint density at radius 2 is 1.95 bits per heavy atom. The second kappa shape index (κ2) is 7.57. The Bertz CT molecular complexity index is 424. The van der Waals surface area contributed by atoms with Crippen LogP contribution in [0.4, 0.5) is 0 Å². The first-order valence-corrected chi connectivity index (χ1v) is 8.60. The lowest BCUT2D eigenvalue weighted by atomic mass is 10.3. The molecule has 0 N–H and O–H groups in total. The van der Waals surface area contributed by atoms with E-state index in [-0.39, 0.29) is 0 Å². The highest BCUT2D eigenvalue weighted by atomic mass is 79.9. The van der Waals surface area contributed by atoms with Crippen molar-refractivity contribution in [1.82, 2.24) is 19.6 Å². The van der Waals surface area contributed by atoms with Crippen LogP contribution >= 0.6 is 15.9 Å². The molecule has 0 unspecified atom stereocenters. The Balaban J connectivity index is 1.92. The Morgan fingerprint density at radius 3 is 2.55 bits per heavy atom. The van der Waals surface area contributed by atoms with Gasteiger partial charge in [0.1, 0.15) is 0 Å². The van der Waals surface area contributed by atoms with Gasteiger partial charge in [-0.25, -0.2) is 0 Å². The first-order chi connectivity index (χ1) is 9.65. The maximum absolute atomic E-state index is 4.67. The van der Waals surface area contributed by atoms with Crippen molar-refractivity contribution in [2.24, 2.45) is 0 Å². The van der Waals surface area contributed by atoms with E-state index < -0.39 is 0 Å². The molecule has 0 atom stereocenters. The van der Waals surface area contributed by atoms with E-state index in [2.05, 4.69) is 56.4 Å². The fourth-order valence-electron chi connectivity index (χ4n) is 2.82. The summed E-state index contributed by atoms with van der Waals surface area (Å²) in [5.74, 6) is 0. The van der Waals surface area contributed by atoms with Crippen LogP contribution in [-0.2, 0) is 19.5 Å². The minimum absolute atomic E-state index is 0.938. The van der Waals surface area contributed by atoms with Crippen molar-refractivity contribution in [3.05, 3.63) is 15.9 Å². The number of likely N-dealkylation sites (tertiary alicyclic amines) is 1. The van der Waals surface area contributed by atoms with Crippen LogP contribution in [0.3, 0.4) is 0 Å². The summed E-state index contributed by atoms with van der Waals surface area (Å²) in [6.45, 7) is 11.1. The molecule has 1 aromatic rings. The first-order valence-electron chi connectivity index (χ1n) is 7.80. The van der Waals surface area contributed by atoms with E-state index in [0.717, 1.165) is 26.1 Å². The highest BCUT2D eigenvalue weighted by molar-refractivity contribution is 9.10. The second-order valence-corrected chi connectivity index (χ2v) is 6.46. The zero-order valence-corrected chi connectivity index (χ0v) is 14.6. The molecule has 1 fully saturated rings. The molecule has 0 bridgehead atoms. The maximum atomic E-state index is 4.67. The van der Waals surface area contributed by atoms with Crippen molar-refractivity contribution >= 4 is 15.9 Å². The molecule has 0 aromatic carbocycles. The molecule has 0 saturated carbocycles. The Kier molecular flexibility index (Phi) is 6.05. The van der Waals surface area contributed by atoms with Crippen LogP contribution in [-0.4, -0.2) is 52.8 Å². The van der Waals surface area contributed by atoms with Crippen LogP contribution in [0.2, 0.25) is 0 Å². The average molecular weight is 343 g/mol. The van der Waals surface area contributed by atoms with Crippen LogP contribution in [0.25, 0.3) is 0 Å². The molecule has 20 heavy (non-hydrogen) atoms. The van der Waals surface area contributed by atoms with E-state index in [1.165, 1.54) is 48.3 Å². The van der Waals surface area contributed by atoms with Crippen molar-refractivity contribution in [2.45, 2.75) is 46.2 Å². The fourth-order valence-corrected chi connectivity index (χ4v) is 3.51. The SMILES string of the molecule is CCc1nn(CC)c(CN(C)CCN2CCCC2)c1Br. The summed E-state index contributed by atoms with van der Waals surface area (Å²) in [4.78, 5) is 4.98. The predicted molar refractivity (Wildman–Crippen MR) is 87.0 cm³/mol. The minimum Gasteiger partial charge on any atom is -0.302 e. The zero-order chi connectivity index (χ0) is 14.5. The molecule has 2 rings (SSSR count). The van der Waals surface area contributed by atoms with Gasteiger partial charge in [0.2, 0.25) is 0 Å². The number of halogens is 1. The molecule has 1 saturated heterocycles. The summed E-state index contributed by atoms with van der Waals surface area (Å²) < 4.78 is 3.34. The molecule has 4 nitrogen and oxygen atoms in total. The van der Waals surface area contributed by atoms with Gasteiger partial charge in [0.05, 0.1) is 15.9 Å². The number of aromatic nitrogens is 2. The molecule has 1 aliphatic heterocycles. The van der Waals surface area contributed by atoms with Crippen LogP contribution < -0.4 is 0 Å². The Morgan fingerprint density at radius 1 is 1.25 bits per heavy atom. The third-order valence-electron chi connectivity index (χ3n) is 4.11.